The summed E-state index contributed by atoms with van der Waals surface area (Å²) in [4.78, 5) is 4.21. The van der Waals surface area contributed by atoms with Gasteiger partial charge in [-0.15, -0.1) is 0 Å². The second-order valence-electron chi connectivity index (χ2n) is 4.26. The van der Waals surface area contributed by atoms with Crippen molar-refractivity contribution < 1.29 is 8.42 Å². The maximum atomic E-state index is 11.2. The number of nitrogens with one attached hydrogen (secondary N) is 1. The zero-order valence-electron chi connectivity index (χ0n) is 9.39. The minimum Gasteiger partial charge on any atom is -0.337 e. The summed E-state index contributed by atoms with van der Waals surface area (Å²) in [7, 11) is -0.803. The third-order valence-corrected chi connectivity index (χ3v) is 4.74. The molecule has 6 heteroatoms. The zero-order valence-corrected chi connectivity index (χ0v) is 10.2. The third kappa shape index (κ3) is 2.82. The van der Waals surface area contributed by atoms with Crippen molar-refractivity contribution in [1.82, 2.24) is 14.9 Å². The first-order valence-electron chi connectivity index (χ1n) is 5.47. The Bertz CT molecular complexity index is 438. The van der Waals surface area contributed by atoms with Crippen molar-refractivity contribution in [3.05, 3.63) is 18.2 Å². The minimum absolute atomic E-state index is 0.306. The van der Waals surface area contributed by atoms with Crippen LogP contribution in [-0.2, 0) is 23.4 Å². The molecule has 0 radical (unpaired) electrons. The highest BCUT2D eigenvalue weighted by molar-refractivity contribution is 7.91. The molecule has 0 saturated carbocycles. The monoisotopic (exact) mass is 243 g/mol. The van der Waals surface area contributed by atoms with Gasteiger partial charge in [0.05, 0.1) is 18.1 Å². The van der Waals surface area contributed by atoms with Crippen LogP contribution in [0.2, 0.25) is 0 Å². The lowest BCUT2D eigenvalue weighted by Crippen LogP contribution is -2.37. The van der Waals surface area contributed by atoms with E-state index in [1.807, 2.05) is 17.8 Å². The van der Waals surface area contributed by atoms with Crippen molar-refractivity contribution >= 4 is 9.84 Å². The predicted molar refractivity (Wildman–Crippen MR) is 61.7 cm³/mol. The van der Waals surface area contributed by atoms with Crippen LogP contribution >= 0.6 is 0 Å². The van der Waals surface area contributed by atoms with Crippen LogP contribution in [0.25, 0.3) is 0 Å². The van der Waals surface area contributed by atoms with Crippen LogP contribution in [0.15, 0.2) is 12.4 Å². The molecule has 0 spiro atoms. The number of rotatable bonds is 3. The molecule has 5 nitrogen and oxygen atoms in total. The first-order chi connectivity index (χ1) is 7.57. The van der Waals surface area contributed by atoms with Crippen molar-refractivity contribution in [2.45, 2.75) is 25.4 Å². The first kappa shape index (κ1) is 11.6. The summed E-state index contributed by atoms with van der Waals surface area (Å²) in [6, 6.07) is 0.306. The SMILES string of the molecule is Cn1ccnc1CNC1CCS(=O)(=O)CC1. The van der Waals surface area contributed by atoms with Crippen LogP contribution in [0, 0.1) is 0 Å². The van der Waals surface area contributed by atoms with Gasteiger partial charge in [-0.25, -0.2) is 13.4 Å². The maximum absolute atomic E-state index is 11.2. The number of nitrogens with zero attached hydrogens (tertiary/aromatic N) is 2. The van der Waals surface area contributed by atoms with Gasteiger partial charge in [-0.3, -0.25) is 0 Å². The van der Waals surface area contributed by atoms with Gasteiger partial charge < -0.3 is 9.88 Å². The molecular weight excluding hydrogens is 226 g/mol. The van der Waals surface area contributed by atoms with Crippen LogP contribution in [0.3, 0.4) is 0 Å². The summed E-state index contributed by atoms with van der Waals surface area (Å²) in [6.45, 7) is 0.703. The topological polar surface area (TPSA) is 64.0 Å². The summed E-state index contributed by atoms with van der Waals surface area (Å²) in [5, 5.41) is 3.35. The Labute approximate surface area is 95.8 Å². The second kappa shape index (κ2) is 4.55. The van der Waals surface area contributed by atoms with Crippen molar-refractivity contribution in [3.63, 3.8) is 0 Å². The van der Waals surface area contributed by atoms with E-state index in [9.17, 15) is 8.42 Å². The minimum atomic E-state index is -2.76. The van der Waals surface area contributed by atoms with E-state index in [4.69, 9.17) is 0 Å². The molecule has 1 saturated heterocycles. The molecule has 1 aliphatic heterocycles. The fourth-order valence-electron chi connectivity index (χ4n) is 1.90. The molecule has 1 aliphatic rings. The Morgan fingerprint density at radius 1 is 1.50 bits per heavy atom. The van der Waals surface area contributed by atoms with E-state index < -0.39 is 9.84 Å². The van der Waals surface area contributed by atoms with Crippen molar-refractivity contribution in [1.29, 1.82) is 0 Å². The Kier molecular flexibility index (Phi) is 3.30. The van der Waals surface area contributed by atoms with Gasteiger partial charge >= 0.3 is 0 Å². The van der Waals surface area contributed by atoms with Gasteiger partial charge in [0.1, 0.15) is 15.7 Å². The molecule has 0 aromatic carbocycles. The molecule has 1 N–H and O–H groups in total. The third-order valence-electron chi connectivity index (χ3n) is 3.02. The second-order valence-corrected chi connectivity index (χ2v) is 6.57. The number of hydrogen-bond donors (Lipinski definition) is 1. The van der Waals surface area contributed by atoms with Crippen molar-refractivity contribution in [3.8, 4) is 0 Å². The summed E-state index contributed by atoms with van der Waals surface area (Å²) in [6.07, 6.45) is 5.10. The molecule has 2 heterocycles. The standard InChI is InChI=1S/C10H17N3O2S/c1-13-5-4-11-10(13)8-12-9-2-6-16(14,15)7-3-9/h4-5,9,12H,2-3,6-8H2,1H3. The number of aryl methyl sites for hydroxylation is 1. The molecule has 1 fully saturated rings. The Morgan fingerprint density at radius 3 is 2.75 bits per heavy atom. The summed E-state index contributed by atoms with van der Waals surface area (Å²) < 4.78 is 24.4. The average molecular weight is 243 g/mol. The number of imidazole rings is 1. The fourth-order valence-corrected chi connectivity index (χ4v) is 3.39. The molecule has 1 aromatic heterocycles. The fraction of sp³-hybridized carbons (Fsp3) is 0.700. The van der Waals surface area contributed by atoms with Gasteiger partial charge in [-0.05, 0) is 12.8 Å². The molecule has 2 rings (SSSR count). The first-order valence-corrected chi connectivity index (χ1v) is 7.29. The van der Waals surface area contributed by atoms with E-state index in [0.29, 0.717) is 36.9 Å². The highest BCUT2D eigenvalue weighted by atomic mass is 32.2. The lowest BCUT2D eigenvalue weighted by atomic mass is 10.1. The maximum Gasteiger partial charge on any atom is 0.150 e. The van der Waals surface area contributed by atoms with Gasteiger partial charge in [-0.2, -0.15) is 0 Å². The van der Waals surface area contributed by atoms with Gasteiger partial charge in [0.25, 0.3) is 0 Å². The number of sulfone groups is 1. The van der Waals surface area contributed by atoms with E-state index in [1.165, 1.54) is 0 Å². The average Bonchev–Trinajstić information content (AvgIpc) is 2.63. The van der Waals surface area contributed by atoms with Crippen molar-refractivity contribution in [2.75, 3.05) is 11.5 Å². The van der Waals surface area contributed by atoms with Crippen LogP contribution in [0.4, 0.5) is 0 Å². The van der Waals surface area contributed by atoms with E-state index in [1.54, 1.807) is 6.20 Å². The predicted octanol–water partition coefficient (Wildman–Crippen LogP) is 0.0869. The molecule has 0 unspecified atom stereocenters. The molecule has 90 valence electrons. The number of aromatic nitrogens is 2. The van der Waals surface area contributed by atoms with E-state index in [-0.39, 0.29) is 0 Å². The number of hydrogen-bond acceptors (Lipinski definition) is 4. The van der Waals surface area contributed by atoms with Crippen LogP contribution < -0.4 is 5.32 Å². The molecule has 1 aromatic rings. The van der Waals surface area contributed by atoms with E-state index in [0.717, 1.165) is 5.82 Å². The summed E-state index contributed by atoms with van der Waals surface area (Å²) in [5.74, 6) is 1.60. The lowest BCUT2D eigenvalue weighted by Gasteiger charge is -2.22. The van der Waals surface area contributed by atoms with Crippen LogP contribution in [0.5, 0.6) is 0 Å². The van der Waals surface area contributed by atoms with Gasteiger partial charge in [0, 0.05) is 25.5 Å². The van der Waals surface area contributed by atoms with Crippen LogP contribution in [-0.4, -0.2) is 35.5 Å². The molecule has 0 bridgehead atoms. The summed E-state index contributed by atoms with van der Waals surface area (Å²) >= 11 is 0. The summed E-state index contributed by atoms with van der Waals surface area (Å²) in [5.41, 5.74) is 0. The molecule has 0 atom stereocenters. The van der Waals surface area contributed by atoms with Gasteiger partial charge in [0.2, 0.25) is 0 Å². The Morgan fingerprint density at radius 2 is 2.19 bits per heavy atom. The van der Waals surface area contributed by atoms with E-state index in [2.05, 4.69) is 10.3 Å². The van der Waals surface area contributed by atoms with Crippen molar-refractivity contribution in [2.24, 2.45) is 7.05 Å². The van der Waals surface area contributed by atoms with Gasteiger partial charge in [0.15, 0.2) is 0 Å². The molecule has 16 heavy (non-hydrogen) atoms. The highest BCUT2D eigenvalue weighted by Gasteiger charge is 2.23. The Balaban J connectivity index is 1.82. The lowest BCUT2D eigenvalue weighted by molar-refractivity contribution is 0.453. The zero-order chi connectivity index (χ0) is 11.6. The largest absolute Gasteiger partial charge is 0.337 e. The molecule has 0 amide bonds. The van der Waals surface area contributed by atoms with E-state index >= 15 is 0 Å². The quantitative estimate of drug-likeness (QED) is 0.817. The normalized spacial score (nSPS) is 21.1. The highest BCUT2D eigenvalue weighted by Crippen LogP contribution is 2.12. The van der Waals surface area contributed by atoms with Gasteiger partial charge in [-0.1, -0.05) is 0 Å². The molecular formula is C10H17N3O2S. The Hall–Kier alpha value is -0.880. The van der Waals surface area contributed by atoms with Crippen LogP contribution in [0.1, 0.15) is 18.7 Å². The molecule has 0 aliphatic carbocycles. The smallest absolute Gasteiger partial charge is 0.150 e.